The monoisotopic (exact) mass is 386 g/mol. The zero-order valence-electron chi connectivity index (χ0n) is 16.4. The summed E-state index contributed by atoms with van der Waals surface area (Å²) < 4.78 is 1.89. The fourth-order valence-electron chi connectivity index (χ4n) is 3.43. The van der Waals surface area contributed by atoms with Crippen molar-refractivity contribution in [1.82, 2.24) is 19.6 Å². The van der Waals surface area contributed by atoms with Gasteiger partial charge in [0.1, 0.15) is 5.69 Å². The van der Waals surface area contributed by atoms with Gasteiger partial charge in [0.15, 0.2) is 5.82 Å². The Bertz CT molecular complexity index is 1180. The van der Waals surface area contributed by atoms with Crippen molar-refractivity contribution in [3.05, 3.63) is 77.1 Å². The summed E-state index contributed by atoms with van der Waals surface area (Å²) in [4.78, 5) is 16.5. The largest absolute Gasteiger partial charge is 0.366 e. The van der Waals surface area contributed by atoms with Crippen LogP contribution in [0.3, 0.4) is 0 Å². The first-order chi connectivity index (χ1) is 14.1. The molecule has 0 aliphatic heterocycles. The summed E-state index contributed by atoms with van der Waals surface area (Å²) in [5, 5.41) is 12.1. The van der Waals surface area contributed by atoms with Crippen molar-refractivity contribution in [2.75, 3.05) is 5.32 Å². The number of nitrogens with zero attached hydrogens (tertiary/aromatic N) is 4. The molecule has 146 valence electrons. The van der Waals surface area contributed by atoms with Gasteiger partial charge in [-0.25, -0.2) is 4.98 Å². The first-order valence-electron chi connectivity index (χ1n) is 9.50. The zero-order chi connectivity index (χ0) is 20.4. The van der Waals surface area contributed by atoms with Crippen molar-refractivity contribution in [1.29, 1.82) is 0 Å². The van der Waals surface area contributed by atoms with E-state index in [2.05, 4.69) is 27.6 Å². The van der Waals surface area contributed by atoms with Crippen LogP contribution in [0.15, 0.2) is 54.7 Å². The minimum absolute atomic E-state index is 0.461. The molecule has 0 spiro atoms. The number of benzene rings is 1. The fourth-order valence-corrected chi connectivity index (χ4v) is 3.43. The number of amides is 1. The number of anilines is 1. The molecule has 0 saturated carbocycles. The highest BCUT2D eigenvalue weighted by Gasteiger charge is 2.18. The van der Waals surface area contributed by atoms with Gasteiger partial charge in [-0.05, 0) is 42.7 Å². The average Bonchev–Trinajstić information content (AvgIpc) is 3.08. The summed E-state index contributed by atoms with van der Waals surface area (Å²) >= 11 is 0. The number of fused-ring (bicyclic) bond motifs is 1. The number of aromatic nitrogens is 4. The lowest BCUT2D eigenvalue weighted by molar-refractivity contribution is 0.100. The molecule has 4 aromatic rings. The van der Waals surface area contributed by atoms with Crippen molar-refractivity contribution in [2.24, 2.45) is 5.73 Å². The smallest absolute Gasteiger partial charge is 0.250 e. The van der Waals surface area contributed by atoms with Crippen LogP contribution in [0.5, 0.6) is 0 Å². The van der Waals surface area contributed by atoms with Crippen molar-refractivity contribution >= 4 is 17.2 Å². The molecular weight excluding hydrogens is 364 g/mol. The van der Waals surface area contributed by atoms with E-state index in [1.54, 1.807) is 12.1 Å². The molecule has 1 amide bonds. The highest BCUT2D eigenvalue weighted by Crippen LogP contribution is 2.27. The van der Waals surface area contributed by atoms with E-state index < -0.39 is 5.91 Å². The highest BCUT2D eigenvalue weighted by molar-refractivity contribution is 6.00. The lowest BCUT2D eigenvalue weighted by Crippen LogP contribution is -2.12. The highest BCUT2D eigenvalue weighted by atomic mass is 16.1. The van der Waals surface area contributed by atoms with Crippen LogP contribution < -0.4 is 11.1 Å². The number of nitrogens with one attached hydrogen (secondary N) is 1. The lowest BCUT2D eigenvalue weighted by Gasteiger charge is -2.11. The van der Waals surface area contributed by atoms with E-state index in [0.29, 0.717) is 23.8 Å². The van der Waals surface area contributed by atoms with Crippen LogP contribution in [0.25, 0.3) is 17.0 Å². The Labute approximate surface area is 168 Å². The van der Waals surface area contributed by atoms with E-state index in [1.807, 2.05) is 48.7 Å². The summed E-state index contributed by atoms with van der Waals surface area (Å²) in [6.07, 6.45) is 2.59. The fraction of sp³-hybridized carbons (Fsp3) is 0.182. The molecule has 0 atom stereocenters. The standard InChI is InChI=1S/C22H22N6O/c1-3-17-21(24-13-15-8-5-4-6-9-15)25-22(27-26-17)19-14(2)12-18-16(20(23)29)10-7-11-28(18)19/h4-12H,3,13H2,1-2H3,(H2,23,29)(H,24,25,27). The van der Waals surface area contributed by atoms with Crippen LogP contribution in [-0.2, 0) is 13.0 Å². The van der Waals surface area contributed by atoms with Crippen LogP contribution in [0.2, 0.25) is 0 Å². The summed E-state index contributed by atoms with van der Waals surface area (Å²) in [5.41, 5.74) is 10.4. The Balaban J connectivity index is 1.77. The number of nitrogens with two attached hydrogens (primary N) is 1. The van der Waals surface area contributed by atoms with Gasteiger partial charge in [0, 0.05) is 12.7 Å². The number of aryl methyl sites for hydroxylation is 2. The van der Waals surface area contributed by atoms with Gasteiger partial charge in [0.25, 0.3) is 5.91 Å². The molecule has 4 rings (SSSR count). The molecule has 3 aromatic heterocycles. The van der Waals surface area contributed by atoms with Gasteiger partial charge in [-0.2, -0.15) is 0 Å². The van der Waals surface area contributed by atoms with Crippen LogP contribution in [-0.4, -0.2) is 25.5 Å². The van der Waals surface area contributed by atoms with Crippen LogP contribution in [0.4, 0.5) is 5.82 Å². The zero-order valence-corrected chi connectivity index (χ0v) is 16.4. The third-order valence-corrected chi connectivity index (χ3v) is 4.87. The normalized spacial score (nSPS) is 11.0. The second kappa shape index (κ2) is 7.71. The first-order valence-corrected chi connectivity index (χ1v) is 9.50. The van der Waals surface area contributed by atoms with Gasteiger partial charge < -0.3 is 15.5 Å². The van der Waals surface area contributed by atoms with E-state index in [0.717, 1.165) is 34.5 Å². The number of primary amides is 1. The van der Waals surface area contributed by atoms with Gasteiger partial charge in [0.05, 0.1) is 16.8 Å². The van der Waals surface area contributed by atoms with E-state index in [9.17, 15) is 4.79 Å². The van der Waals surface area contributed by atoms with Crippen LogP contribution in [0.1, 0.15) is 34.1 Å². The second-order valence-electron chi connectivity index (χ2n) is 6.84. The van der Waals surface area contributed by atoms with Crippen molar-refractivity contribution in [3.63, 3.8) is 0 Å². The van der Waals surface area contributed by atoms with Gasteiger partial charge in [-0.1, -0.05) is 37.3 Å². The summed E-state index contributed by atoms with van der Waals surface area (Å²) in [7, 11) is 0. The Morgan fingerprint density at radius 1 is 1.14 bits per heavy atom. The van der Waals surface area contributed by atoms with Gasteiger partial charge in [-0.3, -0.25) is 4.79 Å². The minimum atomic E-state index is -0.467. The van der Waals surface area contributed by atoms with E-state index in [1.165, 1.54) is 0 Å². The molecule has 0 aliphatic carbocycles. The Hall–Kier alpha value is -3.74. The van der Waals surface area contributed by atoms with Crippen LogP contribution in [0, 0.1) is 6.92 Å². The molecule has 7 nitrogen and oxygen atoms in total. The maximum Gasteiger partial charge on any atom is 0.250 e. The summed E-state index contributed by atoms with van der Waals surface area (Å²) in [6.45, 7) is 4.63. The van der Waals surface area contributed by atoms with E-state index >= 15 is 0 Å². The lowest BCUT2D eigenvalue weighted by atomic mass is 10.2. The van der Waals surface area contributed by atoms with E-state index in [4.69, 9.17) is 10.7 Å². The topological polar surface area (TPSA) is 98.2 Å². The molecule has 29 heavy (non-hydrogen) atoms. The van der Waals surface area contributed by atoms with E-state index in [-0.39, 0.29) is 0 Å². The van der Waals surface area contributed by atoms with Crippen LogP contribution >= 0.6 is 0 Å². The molecule has 0 unspecified atom stereocenters. The minimum Gasteiger partial charge on any atom is -0.366 e. The first kappa shape index (κ1) is 18.6. The molecule has 0 saturated heterocycles. The van der Waals surface area contributed by atoms with Gasteiger partial charge in [0.2, 0.25) is 5.82 Å². The number of carbonyl (C=O) groups is 1. The quantitative estimate of drug-likeness (QED) is 0.529. The molecule has 1 aromatic carbocycles. The molecular formula is C22H22N6O. The average molecular weight is 386 g/mol. The van der Waals surface area contributed by atoms with Gasteiger partial charge >= 0.3 is 0 Å². The molecule has 3 N–H and O–H groups in total. The third kappa shape index (κ3) is 3.54. The van der Waals surface area contributed by atoms with Crippen molar-refractivity contribution < 1.29 is 4.79 Å². The molecule has 0 aliphatic rings. The molecule has 3 heterocycles. The Kier molecular flexibility index (Phi) is 4.95. The predicted molar refractivity (Wildman–Crippen MR) is 113 cm³/mol. The number of rotatable bonds is 6. The number of hydrogen-bond donors (Lipinski definition) is 2. The molecule has 0 fully saturated rings. The van der Waals surface area contributed by atoms with Crippen molar-refractivity contribution in [3.8, 4) is 11.5 Å². The summed E-state index contributed by atoms with van der Waals surface area (Å²) in [6, 6.07) is 15.6. The number of pyridine rings is 1. The maximum absolute atomic E-state index is 11.8. The molecule has 7 heteroatoms. The maximum atomic E-state index is 11.8. The molecule has 0 radical (unpaired) electrons. The van der Waals surface area contributed by atoms with Gasteiger partial charge in [-0.15, -0.1) is 10.2 Å². The Morgan fingerprint density at radius 3 is 2.66 bits per heavy atom. The SMILES string of the molecule is CCc1nnc(-c2c(C)cc3c(C(N)=O)cccn23)nc1NCc1ccccc1. The predicted octanol–water partition coefficient (Wildman–Crippen LogP) is 3.37. The number of hydrogen-bond acceptors (Lipinski definition) is 5. The molecule has 0 bridgehead atoms. The Morgan fingerprint density at radius 2 is 1.93 bits per heavy atom. The third-order valence-electron chi connectivity index (χ3n) is 4.87. The second-order valence-corrected chi connectivity index (χ2v) is 6.84. The van der Waals surface area contributed by atoms with Crippen molar-refractivity contribution in [2.45, 2.75) is 26.8 Å². The number of carbonyl (C=O) groups excluding carboxylic acids is 1. The summed E-state index contributed by atoms with van der Waals surface area (Å²) in [5.74, 6) is 0.740.